The topological polar surface area (TPSA) is 89.8 Å². The highest BCUT2D eigenvalue weighted by Gasteiger charge is 2.13. The van der Waals surface area contributed by atoms with Gasteiger partial charge in [-0.05, 0) is 40.1 Å². The Morgan fingerprint density at radius 2 is 1.89 bits per heavy atom. The van der Waals surface area contributed by atoms with Crippen molar-refractivity contribution in [2.24, 2.45) is 0 Å². The van der Waals surface area contributed by atoms with E-state index in [2.05, 4.69) is 34.7 Å². The fourth-order valence-electron chi connectivity index (χ4n) is 2.62. The van der Waals surface area contributed by atoms with E-state index < -0.39 is 0 Å². The van der Waals surface area contributed by atoms with Gasteiger partial charge in [-0.1, -0.05) is 55.9 Å². The number of nitrogens with one attached hydrogen (secondary N) is 1. The highest BCUT2D eigenvalue weighted by molar-refractivity contribution is 7.99. The summed E-state index contributed by atoms with van der Waals surface area (Å²) >= 11 is 1.27. The fraction of sp³-hybridized carbons (Fsp3) is 0.250. The quantitative estimate of drug-likeness (QED) is 0.484. The molecule has 0 aliphatic rings. The zero-order valence-electron chi connectivity index (χ0n) is 15.9. The Balaban J connectivity index is 1.70. The van der Waals surface area contributed by atoms with Gasteiger partial charge in [-0.25, -0.2) is 0 Å². The van der Waals surface area contributed by atoms with Crippen LogP contribution < -0.4 is 5.32 Å². The second-order valence-corrected chi connectivity index (χ2v) is 7.54. The van der Waals surface area contributed by atoms with Gasteiger partial charge in [0.15, 0.2) is 5.78 Å². The SMILES string of the molecule is CC(=O)Nc1cccc(-n2nnnc2SCC(=O)c2ccc(C(C)C)cc2)c1. The number of anilines is 1. The van der Waals surface area contributed by atoms with Crippen LogP contribution in [0.25, 0.3) is 5.69 Å². The first-order valence-corrected chi connectivity index (χ1v) is 9.85. The summed E-state index contributed by atoms with van der Waals surface area (Å²) < 4.78 is 1.55. The lowest BCUT2D eigenvalue weighted by molar-refractivity contribution is -0.114. The number of hydrogen-bond acceptors (Lipinski definition) is 6. The van der Waals surface area contributed by atoms with Gasteiger partial charge < -0.3 is 5.32 Å². The van der Waals surface area contributed by atoms with Crippen molar-refractivity contribution in [3.8, 4) is 5.69 Å². The van der Waals surface area contributed by atoms with Gasteiger partial charge in [0.25, 0.3) is 0 Å². The molecule has 0 radical (unpaired) electrons. The van der Waals surface area contributed by atoms with Crippen LogP contribution in [0.15, 0.2) is 53.7 Å². The maximum Gasteiger partial charge on any atom is 0.221 e. The standard InChI is InChI=1S/C20H21N5O2S/c1-13(2)15-7-9-16(10-8-15)19(27)12-28-20-22-23-24-25(20)18-6-4-5-17(11-18)21-14(3)26/h4-11,13H,12H2,1-3H3,(H,21,26). The molecule has 8 heteroatoms. The molecule has 144 valence electrons. The van der Waals surface area contributed by atoms with Gasteiger partial charge in [0, 0.05) is 18.2 Å². The number of aromatic nitrogens is 4. The van der Waals surface area contributed by atoms with Gasteiger partial charge in [0.1, 0.15) is 0 Å². The number of carbonyl (C=O) groups excluding carboxylic acids is 2. The average Bonchev–Trinajstić information content (AvgIpc) is 3.14. The number of ketones is 1. The molecular weight excluding hydrogens is 374 g/mol. The lowest BCUT2D eigenvalue weighted by Gasteiger charge is -2.08. The molecule has 0 unspecified atom stereocenters. The van der Waals surface area contributed by atoms with Crippen molar-refractivity contribution < 1.29 is 9.59 Å². The molecule has 0 bridgehead atoms. The first-order valence-electron chi connectivity index (χ1n) is 8.86. The molecule has 0 aliphatic heterocycles. The Hall–Kier alpha value is -3.00. The van der Waals surface area contributed by atoms with Crippen LogP contribution in [0.5, 0.6) is 0 Å². The summed E-state index contributed by atoms with van der Waals surface area (Å²) in [5, 5.41) is 15.0. The maximum absolute atomic E-state index is 12.5. The van der Waals surface area contributed by atoms with Crippen LogP contribution in [-0.2, 0) is 4.79 Å². The van der Waals surface area contributed by atoms with Gasteiger partial charge in [-0.2, -0.15) is 4.68 Å². The van der Waals surface area contributed by atoms with Gasteiger partial charge in [-0.15, -0.1) is 5.10 Å². The minimum absolute atomic E-state index is 0.0156. The van der Waals surface area contributed by atoms with Gasteiger partial charge in [0.05, 0.1) is 11.4 Å². The second-order valence-electron chi connectivity index (χ2n) is 6.59. The monoisotopic (exact) mass is 395 g/mol. The molecule has 7 nitrogen and oxygen atoms in total. The Labute approximate surface area is 167 Å². The molecule has 0 aliphatic carbocycles. The molecule has 28 heavy (non-hydrogen) atoms. The number of benzene rings is 2. The van der Waals surface area contributed by atoms with Gasteiger partial charge >= 0.3 is 0 Å². The molecule has 3 rings (SSSR count). The van der Waals surface area contributed by atoms with Gasteiger partial charge in [0.2, 0.25) is 11.1 Å². The lowest BCUT2D eigenvalue weighted by Crippen LogP contribution is -2.07. The smallest absolute Gasteiger partial charge is 0.221 e. The minimum Gasteiger partial charge on any atom is -0.326 e. The van der Waals surface area contributed by atoms with Crippen LogP contribution in [0, 0.1) is 0 Å². The van der Waals surface area contributed by atoms with E-state index in [0.717, 1.165) is 0 Å². The first kappa shape index (κ1) is 19.8. The van der Waals surface area contributed by atoms with Gasteiger partial charge in [-0.3, -0.25) is 9.59 Å². The lowest BCUT2D eigenvalue weighted by atomic mass is 10.0. The number of carbonyl (C=O) groups is 2. The van der Waals surface area contributed by atoms with E-state index in [9.17, 15) is 9.59 Å². The first-order chi connectivity index (χ1) is 13.4. The normalized spacial score (nSPS) is 10.9. The van der Waals surface area contributed by atoms with Crippen LogP contribution in [0.3, 0.4) is 0 Å². The third-order valence-electron chi connectivity index (χ3n) is 4.08. The molecule has 3 aromatic rings. The van der Waals surface area contributed by atoms with E-state index in [1.54, 1.807) is 22.9 Å². The van der Waals surface area contributed by atoms with Crippen LogP contribution in [0.4, 0.5) is 5.69 Å². The molecule has 0 atom stereocenters. The molecular formula is C20H21N5O2S. The number of rotatable bonds is 7. The van der Waals surface area contributed by atoms with E-state index in [0.29, 0.717) is 28.0 Å². The third kappa shape index (κ3) is 4.83. The van der Waals surface area contributed by atoms with E-state index in [4.69, 9.17) is 0 Å². The Morgan fingerprint density at radius 1 is 1.14 bits per heavy atom. The summed E-state index contributed by atoms with van der Waals surface area (Å²) in [5.41, 5.74) is 3.22. The van der Waals surface area contributed by atoms with Crippen LogP contribution in [0.1, 0.15) is 42.6 Å². The number of tetrazole rings is 1. The maximum atomic E-state index is 12.5. The van der Waals surface area contributed by atoms with Crippen molar-refractivity contribution in [2.45, 2.75) is 31.8 Å². The number of Topliss-reactive ketones (excluding diaryl/α,β-unsaturated/α-hetero) is 1. The van der Waals surface area contributed by atoms with E-state index in [1.807, 2.05) is 30.3 Å². The summed E-state index contributed by atoms with van der Waals surface area (Å²) in [6.45, 7) is 5.69. The average molecular weight is 395 g/mol. The molecule has 1 N–H and O–H groups in total. The highest BCUT2D eigenvalue weighted by atomic mass is 32.2. The largest absolute Gasteiger partial charge is 0.326 e. The number of hydrogen-bond donors (Lipinski definition) is 1. The fourth-order valence-corrected chi connectivity index (χ4v) is 3.40. The van der Waals surface area contributed by atoms with Crippen LogP contribution in [-0.4, -0.2) is 37.7 Å². The van der Waals surface area contributed by atoms with Crippen molar-refractivity contribution >= 4 is 29.1 Å². The molecule has 0 saturated carbocycles. The summed E-state index contributed by atoms with van der Waals surface area (Å²) in [5.74, 6) is 0.517. The van der Waals surface area contributed by atoms with E-state index in [1.165, 1.54) is 24.2 Å². The summed E-state index contributed by atoms with van der Waals surface area (Å²) in [6, 6.07) is 14.9. The van der Waals surface area contributed by atoms with Crippen molar-refractivity contribution in [3.05, 3.63) is 59.7 Å². The second kappa shape index (κ2) is 8.79. The summed E-state index contributed by atoms with van der Waals surface area (Å²) in [4.78, 5) is 23.7. The zero-order valence-corrected chi connectivity index (χ0v) is 16.7. The predicted octanol–water partition coefficient (Wildman–Crippen LogP) is 3.72. The molecule has 0 spiro atoms. The molecule has 0 saturated heterocycles. The number of thioether (sulfide) groups is 1. The number of nitrogens with zero attached hydrogens (tertiary/aromatic N) is 4. The van der Waals surface area contributed by atoms with Crippen molar-refractivity contribution in [1.82, 2.24) is 20.2 Å². The van der Waals surface area contributed by atoms with Crippen LogP contribution >= 0.6 is 11.8 Å². The van der Waals surface area contributed by atoms with Crippen molar-refractivity contribution in [2.75, 3.05) is 11.1 Å². The van der Waals surface area contributed by atoms with Crippen LogP contribution in [0.2, 0.25) is 0 Å². The molecule has 1 heterocycles. The summed E-state index contributed by atoms with van der Waals surface area (Å²) in [6.07, 6.45) is 0. The van der Waals surface area contributed by atoms with E-state index in [-0.39, 0.29) is 17.4 Å². The Bertz CT molecular complexity index is 982. The molecule has 2 aromatic carbocycles. The number of amides is 1. The van der Waals surface area contributed by atoms with Crippen molar-refractivity contribution in [1.29, 1.82) is 0 Å². The Morgan fingerprint density at radius 3 is 2.57 bits per heavy atom. The predicted molar refractivity (Wildman–Crippen MR) is 109 cm³/mol. The zero-order chi connectivity index (χ0) is 20.1. The van der Waals surface area contributed by atoms with E-state index >= 15 is 0 Å². The van der Waals surface area contributed by atoms with Crippen molar-refractivity contribution in [3.63, 3.8) is 0 Å². The third-order valence-corrected chi connectivity index (χ3v) is 5.00. The summed E-state index contributed by atoms with van der Waals surface area (Å²) in [7, 11) is 0. The Kier molecular flexibility index (Phi) is 6.20. The molecule has 0 fully saturated rings. The molecule has 1 aromatic heterocycles. The molecule has 1 amide bonds. The minimum atomic E-state index is -0.155. The highest BCUT2D eigenvalue weighted by Crippen LogP contribution is 2.22.